The van der Waals surface area contributed by atoms with Gasteiger partial charge < -0.3 is 4.84 Å². The van der Waals surface area contributed by atoms with Crippen LogP contribution in [0.1, 0.15) is 24.4 Å². The number of hydrogen-bond donors (Lipinski definition) is 0. The smallest absolute Gasteiger partial charge is 0.382 e. The monoisotopic (exact) mass is 382 g/mol. The van der Waals surface area contributed by atoms with Crippen LogP contribution in [0.4, 0.5) is 23.4 Å². The minimum Gasteiger partial charge on any atom is -0.382 e. The van der Waals surface area contributed by atoms with Gasteiger partial charge in [0.1, 0.15) is 11.6 Å². The third kappa shape index (κ3) is 3.15. The van der Waals surface area contributed by atoms with Crippen molar-refractivity contribution in [1.82, 2.24) is 9.78 Å². The molecule has 6 nitrogen and oxygen atoms in total. The molecule has 3 heterocycles. The van der Waals surface area contributed by atoms with Crippen molar-refractivity contribution in [1.29, 1.82) is 0 Å². The Hall–Kier alpha value is -2.91. The van der Waals surface area contributed by atoms with E-state index in [1.165, 1.54) is 41.4 Å². The molecule has 27 heavy (non-hydrogen) atoms. The largest absolute Gasteiger partial charge is 0.410 e. The number of halogens is 4. The molecule has 0 unspecified atom stereocenters. The van der Waals surface area contributed by atoms with E-state index in [2.05, 4.69) is 10.3 Å². The van der Waals surface area contributed by atoms with Crippen LogP contribution in [-0.2, 0) is 9.63 Å². The van der Waals surface area contributed by atoms with Crippen LogP contribution in [0.15, 0.2) is 41.7 Å². The molecule has 0 saturated heterocycles. The van der Waals surface area contributed by atoms with Gasteiger partial charge >= 0.3 is 6.18 Å². The van der Waals surface area contributed by atoms with Crippen LogP contribution in [0.5, 0.6) is 0 Å². The second kappa shape index (κ2) is 6.36. The molecule has 2 aliphatic heterocycles. The Kier molecular flexibility index (Phi) is 4.12. The van der Waals surface area contributed by atoms with Crippen LogP contribution in [0, 0.1) is 5.82 Å². The summed E-state index contributed by atoms with van der Waals surface area (Å²) in [6.07, 6.45) is -4.30. The highest BCUT2D eigenvalue weighted by molar-refractivity contribution is 6.06. The average Bonchev–Trinajstić information content (AvgIpc) is 3.29. The first-order chi connectivity index (χ1) is 12.8. The summed E-state index contributed by atoms with van der Waals surface area (Å²) in [5.41, 5.74) is 1.10. The molecule has 142 valence electrons. The zero-order chi connectivity index (χ0) is 19.2. The van der Waals surface area contributed by atoms with Gasteiger partial charge in [0.2, 0.25) is 6.10 Å². The van der Waals surface area contributed by atoms with Gasteiger partial charge in [-0.05, 0) is 24.1 Å². The number of oxime groups is 1. The third-order valence-electron chi connectivity index (χ3n) is 4.61. The first-order valence-corrected chi connectivity index (χ1v) is 8.25. The van der Waals surface area contributed by atoms with Crippen LogP contribution in [0.2, 0.25) is 0 Å². The van der Waals surface area contributed by atoms with Gasteiger partial charge in [-0.3, -0.25) is 9.69 Å². The molecular weight excluding hydrogens is 368 g/mol. The Morgan fingerprint density at radius 3 is 2.63 bits per heavy atom. The summed E-state index contributed by atoms with van der Waals surface area (Å²) in [7, 11) is 0. The minimum absolute atomic E-state index is 0.0763. The van der Waals surface area contributed by atoms with Crippen molar-refractivity contribution in [2.24, 2.45) is 5.16 Å². The number of fused-ring (bicyclic) bond motifs is 1. The standard InChI is InChI=1S/C17H14F4N4O2/c18-11-3-1-10(2-4-11)12-9-13(27-23-12)16(26)24-8-6-14(17(19,20)21)25-15(24)5-7-22-25/h1-5,7,13-14H,6,8-9H2/t13-,14-/m0/s1. The van der Waals surface area contributed by atoms with Crippen molar-refractivity contribution in [2.75, 3.05) is 11.4 Å². The molecule has 0 saturated carbocycles. The van der Waals surface area contributed by atoms with Crippen LogP contribution in [-0.4, -0.2) is 40.2 Å². The summed E-state index contributed by atoms with van der Waals surface area (Å²) < 4.78 is 53.3. The molecule has 0 bridgehead atoms. The second-order valence-electron chi connectivity index (χ2n) is 6.31. The van der Waals surface area contributed by atoms with E-state index in [9.17, 15) is 22.4 Å². The zero-order valence-electron chi connectivity index (χ0n) is 13.9. The van der Waals surface area contributed by atoms with E-state index in [1.54, 1.807) is 0 Å². The molecule has 0 aliphatic carbocycles. The van der Waals surface area contributed by atoms with Gasteiger partial charge in [0, 0.05) is 19.0 Å². The maximum Gasteiger partial charge on any atom is 0.410 e. The first-order valence-electron chi connectivity index (χ1n) is 8.25. The highest BCUT2D eigenvalue weighted by Gasteiger charge is 2.47. The lowest BCUT2D eigenvalue weighted by atomic mass is 10.0. The molecular formula is C17H14F4N4O2. The summed E-state index contributed by atoms with van der Waals surface area (Å²) in [6.45, 7) is -0.0968. The number of nitrogens with zero attached hydrogens (tertiary/aromatic N) is 4. The van der Waals surface area contributed by atoms with Crippen molar-refractivity contribution in [2.45, 2.75) is 31.2 Å². The molecule has 0 N–H and O–H groups in total. The lowest BCUT2D eigenvalue weighted by Crippen LogP contribution is -2.46. The average molecular weight is 382 g/mol. The van der Waals surface area contributed by atoms with Crippen molar-refractivity contribution in [3.8, 4) is 0 Å². The maximum absolute atomic E-state index is 13.2. The molecule has 2 aromatic rings. The van der Waals surface area contributed by atoms with Crippen LogP contribution < -0.4 is 4.90 Å². The Labute approximate surface area is 151 Å². The van der Waals surface area contributed by atoms with Crippen molar-refractivity contribution in [3.05, 3.63) is 47.9 Å². The lowest BCUT2D eigenvalue weighted by molar-refractivity contribution is -0.173. The van der Waals surface area contributed by atoms with Gasteiger partial charge in [-0.1, -0.05) is 17.3 Å². The van der Waals surface area contributed by atoms with Gasteiger partial charge in [0.15, 0.2) is 6.04 Å². The van der Waals surface area contributed by atoms with Gasteiger partial charge in [-0.25, -0.2) is 9.07 Å². The molecule has 10 heteroatoms. The normalized spacial score (nSPS) is 22.2. The summed E-state index contributed by atoms with van der Waals surface area (Å²) >= 11 is 0. The van der Waals surface area contributed by atoms with Gasteiger partial charge in [0.05, 0.1) is 11.9 Å². The number of anilines is 1. The summed E-state index contributed by atoms with van der Waals surface area (Å²) in [5, 5.41) is 7.61. The molecule has 1 aromatic heterocycles. The lowest BCUT2D eigenvalue weighted by Gasteiger charge is -2.34. The quantitative estimate of drug-likeness (QED) is 0.750. The number of aromatic nitrogens is 2. The summed E-state index contributed by atoms with van der Waals surface area (Å²) in [6, 6.07) is 5.19. The molecule has 1 aromatic carbocycles. The molecule has 0 spiro atoms. The van der Waals surface area contributed by atoms with Crippen molar-refractivity contribution in [3.63, 3.8) is 0 Å². The number of hydrogen-bond acceptors (Lipinski definition) is 4. The predicted octanol–water partition coefficient (Wildman–Crippen LogP) is 3.06. The Morgan fingerprint density at radius 1 is 1.19 bits per heavy atom. The predicted molar refractivity (Wildman–Crippen MR) is 86.7 cm³/mol. The summed E-state index contributed by atoms with van der Waals surface area (Å²) in [5.74, 6) is -0.808. The first kappa shape index (κ1) is 17.5. The molecule has 4 rings (SSSR count). The van der Waals surface area contributed by atoms with Crippen LogP contribution in [0.25, 0.3) is 0 Å². The van der Waals surface area contributed by atoms with E-state index in [0.717, 1.165) is 4.68 Å². The number of rotatable bonds is 2. The van der Waals surface area contributed by atoms with Gasteiger partial charge in [0.25, 0.3) is 5.91 Å². The summed E-state index contributed by atoms with van der Waals surface area (Å²) in [4.78, 5) is 19.2. The Balaban J connectivity index is 1.50. The van der Waals surface area contributed by atoms with Crippen LogP contribution in [0.3, 0.4) is 0 Å². The fourth-order valence-electron chi connectivity index (χ4n) is 3.27. The fourth-order valence-corrected chi connectivity index (χ4v) is 3.27. The molecule has 0 fully saturated rings. The molecule has 2 aliphatic rings. The number of carbonyl (C=O) groups is 1. The fraction of sp³-hybridized carbons (Fsp3) is 0.353. The van der Waals surface area contributed by atoms with Crippen molar-refractivity contribution < 1.29 is 27.2 Å². The van der Waals surface area contributed by atoms with Crippen LogP contribution >= 0.6 is 0 Å². The number of amides is 1. The van der Waals surface area contributed by atoms with E-state index in [1.807, 2.05) is 0 Å². The van der Waals surface area contributed by atoms with Crippen molar-refractivity contribution >= 4 is 17.4 Å². The highest BCUT2D eigenvalue weighted by atomic mass is 19.4. The molecule has 0 radical (unpaired) electrons. The molecule has 2 atom stereocenters. The number of carbonyl (C=O) groups excluding carboxylic acids is 1. The maximum atomic E-state index is 13.2. The van der Waals surface area contributed by atoms with E-state index in [-0.39, 0.29) is 25.2 Å². The highest BCUT2D eigenvalue weighted by Crippen LogP contribution is 2.39. The molecule has 1 amide bonds. The number of benzene rings is 1. The van der Waals surface area contributed by atoms with E-state index >= 15 is 0 Å². The van der Waals surface area contributed by atoms with Gasteiger partial charge in [-0.2, -0.15) is 18.3 Å². The van der Waals surface area contributed by atoms with E-state index in [4.69, 9.17) is 4.84 Å². The second-order valence-corrected chi connectivity index (χ2v) is 6.31. The minimum atomic E-state index is -4.45. The number of alkyl halides is 3. The Morgan fingerprint density at radius 2 is 1.93 bits per heavy atom. The SMILES string of the molecule is O=C([C@@H]1CC(c2ccc(F)cc2)=NO1)N1CC[C@@H](C(F)(F)F)n2nccc21. The van der Waals surface area contributed by atoms with Gasteiger partial charge in [-0.15, -0.1) is 0 Å². The third-order valence-corrected chi connectivity index (χ3v) is 4.61. The topological polar surface area (TPSA) is 59.7 Å². The Bertz CT molecular complexity index is 891. The van der Waals surface area contributed by atoms with E-state index < -0.39 is 30.0 Å². The van der Waals surface area contributed by atoms with E-state index in [0.29, 0.717) is 11.3 Å². The zero-order valence-corrected chi connectivity index (χ0v) is 13.9.